The molecule has 1 aliphatic heterocycles. The average Bonchev–Trinajstić information content (AvgIpc) is 2.27. The second-order valence-corrected chi connectivity index (χ2v) is 5.17. The summed E-state index contributed by atoms with van der Waals surface area (Å²) in [5.74, 6) is 2.38. The smallest absolute Gasteiger partial charge is 0.221 e. The van der Waals surface area contributed by atoms with Gasteiger partial charge in [0.2, 0.25) is 5.91 Å². The van der Waals surface area contributed by atoms with Gasteiger partial charge in [0.25, 0.3) is 0 Å². The molecule has 0 aliphatic carbocycles. The van der Waals surface area contributed by atoms with Crippen LogP contribution in [0.4, 0.5) is 0 Å². The third-order valence-corrected chi connectivity index (χ3v) is 3.52. The van der Waals surface area contributed by atoms with Crippen molar-refractivity contribution in [2.24, 2.45) is 5.92 Å². The SMILES string of the molecule is CC(CO)CNC(=O)CC1CSCCN1. The summed E-state index contributed by atoms with van der Waals surface area (Å²) in [6.07, 6.45) is 0.547. The third kappa shape index (κ3) is 5.39. The molecule has 2 atom stereocenters. The van der Waals surface area contributed by atoms with Gasteiger partial charge in [0.1, 0.15) is 0 Å². The van der Waals surface area contributed by atoms with E-state index >= 15 is 0 Å². The Morgan fingerprint density at radius 1 is 1.73 bits per heavy atom. The highest BCUT2D eigenvalue weighted by atomic mass is 32.2. The second kappa shape index (κ2) is 7.09. The molecule has 1 saturated heterocycles. The number of thioether (sulfide) groups is 1. The van der Waals surface area contributed by atoms with E-state index < -0.39 is 0 Å². The Morgan fingerprint density at radius 2 is 2.53 bits per heavy atom. The Balaban J connectivity index is 2.11. The fourth-order valence-electron chi connectivity index (χ4n) is 1.40. The highest BCUT2D eigenvalue weighted by Gasteiger charge is 2.16. The van der Waals surface area contributed by atoms with Crippen molar-refractivity contribution in [2.45, 2.75) is 19.4 Å². The molecular formula is C10H20N2O2S. The van der Waals surface area contributed by atoms with Gasteiger partial charge in [-0.3, -0.25) is 4.79 Å². The Bertz CT molecular complexity index is 196. The molecule has 1 heterocycles. The summed E-state index contributed by atoms with van der Waals surface area (Å²) in [4.78, 5) is 11.5. The van der Waals surface area contributed by atoms with E-state index in [1.807, 2.05) is 18.7 Å². The Labute approximate surface area is 95.2 Å². The first-order chi connectivity index (χ1) is 7.22. The van der Waals surface area contributed by atoms with E-state index in [0.717, 1.165) is 18.1 Å². The number of amides is 1. The largest absolute Gasteiger partial charge is 0.396 e. The number of aliphatic hydroxyl groups is 1. The topological polar surface area (TPSA) is 61.4 Å². The summed E-state index contributed by atoms with van der Waals surface area (Å²) in [5, 5.41) is 15.0. The molecule has 1 fully saturated rings. The van der Waals surface area contributed by atoms with Crippen molar-refractivity contribution in [2.75, 3.05) is 31.2 Å². The lowest BCUT2D eigenvalue weighted by Crippen LogP contribution is -2.42. The summed E-state index contributed by atoms with van der Waals surface area (Å²) in [5.41, 5.74) is 0. The van der Waals surface area contributed by atoms with Gasteiger partial charge >= 0.3 is 0 Å². The molecule has 1 aliphatic rings. The summed E-state index contributed by atoms with van der Waals surface area (Å²) in [6, 6.07) is 0.313. The highest BCUT2D eigenvalue weighted by molar-refractivity contribution is 7.99. The zero-order chi connectivity index (χ0) is 11.1. The molecule has 0 aromatic carbocycles. The van der Waals surface area contributed by atoms with Crippen LogP contribution in [-0.2, 0) is 4.79 Å². The lowest BCUT2D eigenvalue weighted by atomic mass is 10.2. The summed E-state index contributed by atoms with van der Waals surface area (Å²) in [6.45, 7) is 3.59. The van der Waals surface area contributed by atoms with Crippen LogP contribution in [0.1, 0.15) is 13.3 Å². The highest BCUT2D eigenvalue weighted by Crippen LogP contribution is 2.09. The minimum Gasteiger partial charge on any atom is -0.396 e. The molecule has 88 valence electrons. The van der Waals surface area contributed by atoms with Crippen LogP contribution in [0, 0.1) is 5.92 Å². The number of nitrogens with one attached hydrogen (secondary N) is 2. The van der Waals surface area contributed by atoms with Crippen molar-refractivity contribution in [3.8, 4) is 0 Å². The fourth-order valence-corrected chi connectivity index (χ4v) is 2.35. The van der Waals surface area contributed by atoms with Crippen molar-refractivity contribution >= 4 is 17.7 Å². The minimum absolute atomic E-state index is 0.0790. The van der Waals surface area contributed by atoms with Gasteiger partial charge in [0.05, 0.1) is 0 Å². The monoisotopic (exact) mass is 232 g/mol. The van der Waals surface area contributed by atoms with Crippen LogP contribution >= 0.6 is 11.8 Å². The van der Waals surface area contributed by atoms with E-state index in [9.17, 15) is 4.79 Å². The quantitative estimate of drug-likeness (QED) is 0.616. The Kier molecular flexibility index (Phi) is 6.05. The van der Waals surface area contributed by atoms with Crippen LogP contribution in [0.25, 0.3) is 0 Å². The third-order valence-electron chi connectivity index (χ3n) is 2.39. The molecule has 2 unspecified atom stereocenters. The van der Waals surface area contributed by atoms with Gasteiger partial charge < -0.3 is 15.7 Å². The lowest BCUT2D eigenvalue weighted by Gasteiger charge is -2.22. The molecule has 15 heavy (non-hydrogen) atoms. The van der Waals surface area contributed by atoms with Crippen LogP contribution in [0.15, 0.2) is 0 Å². The molecule has 0 aromatic heterocycles. The zero-order valence-electron chi connectivity index (χ0n) is 9.16. The molecule has 3 N–H and O–H groups in total. The predicted molar refractivity (Wildman–Crippen MR) is 63.0 cm³/mol. The number of carbonyl (C=O) groups is 1. The second-order valence-electron chi connectivity index (χ2n) is 4.02. The predicted octanol–water partition coefficient (Wildman–Crippen LogP) is -0.174. The molecule has 5 heteroatoms. The Morgan fingerprint density at radius 3 is 3.13 bits per heavy atom. The molecular weight excluding hydrogens is 212 g/mol. The molecule has 1 amide bonds. The average molecular weight is 232 g/mol. The van der Waals surface area contributed by atoms with E-state index in [4.69, 9.17) is 5.11 Å². The standard InChI is InChI=1S/C10H20N2O2S/c1-8(6-13)5-12-10(14)4-9-7-15-3-2-11-9/h8-9,11,13H,2-7H2,1H3,(H,12,14). The summed E-state index contributed by atoms with van der Waals surface area (Å²) >= 11 is 1.89. The van der Waals surface area contributed by atoms with Crippen LogP contribution < -0.4 is 10.6 Å². The first kappa shape index (κ1) is 12.8. The molecule has 0 aromatic rings. The van der Waals surface area contributed by atoms with Gasteiger partial charge in [-0.2, -0.15) is 11.8 Å². The lowest BCUT2D eigenvalue weighted by molar-refractivity contribution is -0.121. The number of hydrogen-bond acceptors (Lipinski definition) is 4. The molecule has 0 spiro atoms. The van der Waals surface area contributed by atoms with E-state index in [1.54, 1.807) is 0 Å². The van der Waals surface area contributed by atoms with Crippen molar-refractivity contribution < 1.29 is 9.90 Å². The van der Waals surface area contributed by atoms with Crippen LogP contribution in [0.2, 0.25) is 0 Å². The first-order valence-corrected chi connectivity index (χ1v) is 6.56. The number of rotatable bonds is 5. The zero-order valence-corrected chi connectivity index (χ0v) is 9.98. The van der Waals surface area contributed by atoms with E-state index in [2.05, 4.69) is 10.6 Å². The number of hydrogen-bond donors (Lipinski definition) is 3. The fraction of sp³-hybridized carbons (Fsp3) is 0.900. The Hall–Kier alpha value is -0.260. The van der Waals surface area contributed by atoms with Gasteiger partial charge in [-0.1, -0.05) is 6.92 Å². The minimum atomic E-state index is 0.0790. The van der Waals surface area contributed by atoms with Crippen molar-refractivity contribution in [3.05, 3.63) is 0 Å². The molecule has 0 saturated carbocycles. The molecule has 4 nitrogen and oxygen atoms in total. The summed E-state index contributed by atoms with van der Waals surface area (Å²) in [7, 11) is 0. The van der Waals surface area contributed by atoms with Crippen LogP contribution in [0.5, 0.6) is 0 Å². The molecule has 0 radical (unpaired) electrons. The van der Waals surface area contributed by atoms with Gasteiger partial charge in [0, 0.05) is 43.7 Å². The van der Waals surface area contributed by atoms with Crippen molar-refractivity contribution in [3.63, 3.8) is 0 Å². The van der Waals surface area contributed by atoms with Gasteiger partial charge in [-0.05, 0) is 5.92 Å². The van der Waals surface area contributed by atoms with Crippen LogP contribution in [-0.4, -0.2) is 48.3 Å². The molecule has 1 rings (SSSR count). The molecule has 0 bridgehead atoms. The normalized spacial score (nSPS) is 23.5. The van der Waals surface area contributed by atoms with Crippen molar-refractivity contribution in [1.29, 1.82) is 0 Å². The van der Waals surface area contributed by atoms with E-state index in [0.29, 0.717) is 19.0 Å². The van der Waals surface area contributed by atoms with Gasteiger partial charge in [0.15, 0.2) is 0 Å². The number of aliphatic hydroxyl groups excluding tert-OH is 1. The van der Waals surface area contributed by atoms with E-state index in [-0.39, 0.29) is 18.4 Å². The maximum atomic E-state index is 11.5. The first-order valence-electron chi connectivity index (χ1n) is 5.41. The number of carbonyl (C=O) groups excluding carboxylic acids is 1. The van der Waals surface area contributed by atoms with Gasteiger partial charge in [-0.25, -0.2) is 0 Å². The maximum Gasteiger partial charge on any atom is 0.221 e. The van der Waals surface area contributed by atoms with Crippen LogP contribution in [0.3, 0.4) is 0 Å². The summed E-state index contributed by atoms with van der Waals surface area (Å²) < 4.78 is 0. The maximum absolute atomic E-state index is 11.5. The van der Waals surface area contributed by atoms with Crippen molar-refractivity contribution in [1.82, 2.24) is 10.6 Å². The van der Waals surface area contributed by atoms with Gasteiger partial charge in [-0.15, -0.1) is 0 Å². The van der Waals surface area contributed by atoms with E-state index in [1.165, 1.54) is 0 Å².